The second-order valence-electron chi connectivity index (χ2n) is 4.98. The maximum Gasteiger partial charge on any atom is 0.261 e. The molecular weight excluding hydrogens is 308 g/mol. The second-order valence-corrected chi connectivity index (χ2v) is 6.66. The van der Waals surface area contributed by atoms with Gasteiger partial charge in [0.05, 0.1) is 10.6 Å². The van der Waals surface area contributed by atoms with Gasteiger partial charge in [0.2, 0.25) is 0 Å². The average Bonchev–Trinajstić information content (AvgIpc) is 2.49. The van der Waals surface area contributed by atoms with Crippen LogP contribution in [0.4, 0.5) is 14.5 Å². The van der Waals surface area contributed by atoms with Gasteiger partial charge in [0, 0.05) is 6.07 Å². The first-order valence-corrected chi connectivity index (χ1v) is 8.47. The average molecular weight is 325 g/mol. The van der Waals surface area contributed by atoms with E-state index >= 15 is 0 Å². The van der Waals surface area contributed by atoms with Crippen LogP contribution in [0.3, 0.4) is 0 Å². The zero-order valence-corrected chi connectivity index (χ0v) is 13.0. The Hall–Kier alpha value is -1.95. The van der Waals surface area contributed by atoms with Crippen LogP contribution in [-0.2, 0) is 16.4 Å². The van der Waals surface area contributed by atoms with Crippen molar-refractivity contribution in [3.05, 3.63) is 59.7 Å². The smallest absolute Gasteiger partial charge is 0.261 e. The van der Waals surface area contributed by atoms with Crippen molar-refractivity contribution < 1.29 is 17.2 Å². The van der Waals surface area contributed by atoms with Crippen LogP contribution in [0.1, 0.15) is 25.3 Å². The molecule has 118 valence electrons. The van der Waals surface area contributed by atoms with Crippen molar-refractivity contribution >= 4 is 15.7 Å². The van der Waals surface area contributed by atoms with Gasteiger partial charge in [-0.2, -0.15) is 0 Å². The van der Waals surface area contributed by atoms with Gasteiger partial charge in [-0.05, 0) is 42.7 Å². The minimum Gasteiger partial charge on any atom is -0.277 e. The lowest BCUT2D eigenvalue weighted by atomic mass is 10.1. The van der Waals surface area contributed by atoms with Crippen molar-refractivity contribution in [1.29, 1.82) is 0 Å². The fraction of sp³-hybridized carbons (Fsp3) is 0.250. The molecule has 3 nitrogen and oxygen atoms in total. The minimum absolute atomic E-state index is 0.0106. The van der Waals surface area contributed by atoms with Crippen LogP contribution in [0.25, 0.3) is 0 Å². The SMILES string of the molecule is CCCCc1ccc(S(=O)(=O)Nc2cc(F)ccc2F)cc1. The maximum atomic E-state index is 13.5. The Labute approximate surface area is 129 Å². The first-order valence-electron chi connectivity index (χ1n) is 6.99. The molecule has 0 unspecified atom stereocenters. The highest BCUT2D eigenvalue weighted by molar-refractivity contribution is 7.92. The zero-order valence-electron chi connectivity index (χ0n) is 12.1. The van der Waals surface area contributed by atoms with Crippen molar-refractivity contribution in [1.82, 2.24) is 0 Å². The number of benzene rings is 2. The van der Waals surface area contributed by atoms with E-state index in [1.165, 1.54) is 12.1 Å². The van der Waals surface area contributed by atoms with Gasteiger partial charge in [0.25, 0.3) is 10.0 Å². The zero-order chi connectivity index (χ0) is 16.2. The molecule has 0 atom stereocenters. The number of halogens is 2. The van der Waals surface area contributed by atoms with E-state index in [1.54, 1.807) is 12.1 Å². The molecule has 6 heteroatoms. The fourth-order valence-electron chi connectivity index (χ4n) is 2.00. The van der Waals surface area contributed by atoms with Crippen LogP contribution in [0.15, 0.2) is 47.4 Å². The quantitative estimate of drug-likeness (QED) is 0.869. The minimum atomic E-state index is -3.95. The summed E-state index contributed by atoms with van der Waals surface area (Å²) in [7, 11) is -3.95. The highest BCUT2D eigenvalue weighted by atomic mass is 32.2. The van der Waals surface area contributed by atoms with Gasteiger partial charge in [-0.25, -0.2) is 17.2 Å². The summed E-state index contributed by atoms with van der Waals surface area (Å²) in [5, 5.41) is 0. The molecule has 0 aliphatic heterocycles. The van der Waals surface area contributed by atoms with E-state index in [0.717, 1.165) is 43.0 Å². The van der Waals surface area contributed by atoms with Crippen molar-refractivity contribution in [2.24, 2.45) is 0 Å². The van der Waals surface area contributed by atoms with Crippen molar-refractivity contribution in [3.8, 4) is 0 Å². The fourth-order valence-corrected chi connectivity index (χ4v) is 3.05. The van der Waals surface area contributed by atoms with Gasteiger partial charge < -0.3 is 0 Å². The van der Waals surface area contributed by atoms with Gasteiger partial charge in [-0.15, -0.1) is 0 Å². The lowest BCUT2D eigenvalue weighted by Gasteiger charge is -2.09. The van der Waals surface area contributed by atoms with Crippen molar-refractivity contribution in [3.63, 3.8) is 0 Å². The Bertz CT molecular complexity index is 743. The first kappa shape index (κ1) is 16.4. The van der Waals surface area contributed by atoms with E-state index in [2.05, 4.69) is 11.6 Å². The Kier molecular flexibility index (Phi) is 5.13. The number of unbranched alkanes of at least 4 members (excludes halogenated alkanes) is 1. The van der Waals surface area contributed by atoms with Crippen molar-refractivity contribution in [2.75, 3.05) is 4.72 Å². The summed E-state index contributed by atoms with van der Waals surface area (Å²) in [6.07, 6.45) is 2.96. The lowest BCUT2D eigenvalue weighted by molar-refractivity contribution is 0.594. The molecule has 0 aliphatic rings. The summed E-state index contributed by atoms with van der Waals surface area (Å²) in [5.41, 5.74) is 0.632. The van der Waals surface area contributed by atoms with Gasteiger partial charge >= 0.3 is 0 Å². The molecule has 2 aromatic rings. The topological polar surface area (TPSA) is 46.2 Å². The van der Waals surface area contributed by atoms with Crippen LogP contribution < -0.4 is 4.72 Å². The number of nitrogens with one attached hydrogen (secondary N) is 1. The number of hydrogen-bond acceptors (Lipinski definition) is 2. The molecule has 1 N–H and O–H groups in total. The molecule has 0 aromatic heterocycles. The molecule has 0 fully saturated rings. The molecule has 2 aromatic carbocycles. The number of sulfonamides is 1. The molecule has 0 spiro atoms. The maximum absolute atomic E-state index is 13.5. The van der Waals surface area contributed by atoms with E-state index in [0.29, 0.717) is 0 Å². The monoisotopic (exact) mass is 325 g/mol. The summed E-state index contributed by atoms with van der Waals surface area (Å²) >= 11 is 0. The van der Waals surface area contributed by atoms with Crippen LogP contribution in [-0.4, -0.2) is 8.42 Å². The van der Waals surface area contributed by atoms with Gasteiger partial charge in [0.15, 0.2) is 0 Å². The number of hydrogen-bond donors (Lipinski definition) is 1. The number of aryl methyl sites for hydroxylation is 1. The van der Waals surface area contributed by atoms with Crippen LogP contribution in [0.5, 0.6) is 0 Å². The standard InChI is InChI=1S/C16H17F2NO2S/c1-2-3-4-12-5-8-14(9-6-12)22(20,21)19-16-11-13(17)7-10-15(16)18/h5-11,19H,2-4H2,1H3. The normalized spacial score (nSPS) is 11.4. The van der Waals surface area contributed by atoms with Gasteiger partial charge in [-0.1, -0.05) is 25.5 Å². The van der Waals surface area contributed by atoms with Gasteiger partial charge in [-0.3, -0.25) is 4.72 Å². The Morgan fingerprint density at radius 3 is 2.36 bits per heavy atom. The number of rotatable bonds is 6. The third-order valence-corrected chi connectivity index (χ3v) is 4.61. The van der Waals surface area contributed by atoms with Crippen LogP contribution in [0, 0.1) is 11.6 Å². The van der Waals surface area contributed by atoms with Gasteiger partial charge in [0.1, 0.15) is 11.6 Å². The van der Waals surface area contributed by atoms with E-state index in [-0.39, 0.29) is 4.90 Å². The lowest BCUT2D eigenvalue weighted by Crippen LogP contribution is -2.14. The van der Waals surface area contributed by atoms with Crippen molar-refractivity contribution in [2.45, 2.75) is 31.1 Å². The Balaban J connectivity index is 2.21. The Morgan fingerprint density at radius 2 is 1.73 bits per heavy atom. The highest BCUT2D eigenvalue weighted by Gasteiger charge is 2.16. The molecular formula is C16H17F2NO2S. The molecule has 0 bridgehead atoms. The largest absolute Gasteiger partial charge is 0.277 e. The number of anilines is 1. The van der Waals surface area contributed by atoms with Crippen LogP contribution >= 0.6 is 0 Å². The summed E-state index contributed by atoms with van der Waals surface area (Å²) in [6, 6.07) is 8.99. The molecule has 2 rings (SSSR count). The summed E-state index contributed by atoms with van der Waals surface area (Å²) in [5.74, 6) is -1.54. The first-order chi connectivity index (χ1) is 10.4. The second kappa shape index (κ2) is 6.87. The predicted molar refractivity (Wildman–Crippen MR) is 82.2 cm³/mol. The highest BCUT2D eigenvalue weighted by Crippen LogP contribution is 2.20. The van der Waals surface area contributed by atoms with E-state index in [9.17, 15) is 17.2 Å². The van der Waals surface area contributed by atoms with E-state index in [4.69, 9.17) is 0 Å². The Morgan fingerprint density at radius 1 is 1.05 bits per heavy atom. The molecule has 0 radical (unpaired) electrons. The third kappa shape index (κ3) is 4.04. The molecule has 0 aliphatic carbocycles. The summed E-state index contributed by atoms with van der Waals surface area (Å²) in [6.45, 7) is 2.08. The summed E-state index contributed by atoms with van der Waals surface area (Å²) < 4.78 is 53.1. The van der Waals surface area contributed by atoms with E-state index < -0.39 is 27.3 Å². The molecule has 0 saturated heterocycles. The summed E-state index contributed by atoms with van der Waals surface area (Å²) in [4.78, 5) is 0.0106. The predicted octanol–water partition coefficient (Wildman–Crippen LogP) is 4.11. The molecule has 0 heterocycles. The molecule has 0 saturated carbocycles. The molecule has 0 amide bonds. The molecule has 22 heavy (non-hydrogen) atoms. The third-order valence-electron chi connectivity index (χ3n) is 3.23. The van der Waals surface area contributed by atoms with Crippen LogP contribution in [0.2, 0.25) is 0 Å². The van der Waals surface area contributed by atoms with E-state index in [1.807, 2.05) is 0 Å².